The van der Waals surface area contributed by atoms with E-state index in [1.807, 2.05) is 24.0 Å². The molecule has 0 radical (unpaired) electrons. The fourth-order valence-corrected chi connectivity index (χ4v) is 4.94. The zero-order valence-corrected chi connectivity index (χ0v) is 20.8. The van der Waals surface area contributed by atoms with E-state index in [1.54, 1.807) is 20.3 Å². The van der Waals surface area contributed by atoms with E-state index in [9.17, 15) is 4.79 Å². The number of benzene rings is 2. The van der Waals surface area contributed by atoms with Crippen LogP contribution in [0.15, 0.2) is 42.5 Å². The second-order valence-electron chi connectivity index (χ2n) is 9.13. The summed E-state index contributed by atoms with van der Waals surface area (Å²) in [4.78, 5) is 23.7. The average molecular weight is 478 g/mol. The summed E-state index contributed by atoms with van der Waals surface area (Å²) in [6, 6.07) is 14.2. The molecule has 0 aliphatic carbocycles. The van der Waals surface area contributed by atoms with Crippen LogP contribution in [0.4, 0.5) is 5.82 Å². The Bertz CT molecular complexity index is 1160. The molecule has 0 unspecified atom stereocenters. The number of nitrogens with one attached hydrogen (secondary N) is 1. The number of nitrogens with zero attached hydrogens (tertiary/aromatic N) is 3. The number of anilines is 1. The van der Waals surface area contributed by atoms with Gasteiger partial charge in [0.15, 0.2) is 11.5 Å². The number of fused-ring (bicyclic) bond motifs is 1. The van der Waals surface area contributed by atoms with Gasteiger partial charge in [-0.15, -0.1) is 0 Å². The summed E-state index contributed by atoms with van der Waals surface area (Å²) in [7, 11) is 3.19. The predicted octanol–water partition coefficient (Wildman–Crippen LogP) is 3.68. The lowest BCUT2D eigenvalue weighted by Crippen LogP contribution is -2.49. The first kappa shape index (κ1) is 24.7. The quantitative estimate of drug-likeness (QED) is 0.485. The van der Waals surface area contributed by atoms with Gasteiger partial charge in [0.1, 0.15) is 11.6 Å². The summed E-state index contributed by atoms with van der Waals surface area (Å²) in [5.74, 6) is 2.49. The molecular weight excluding hydrogens is 442 g/mol. The van der Waals surface area contributed by atoms with Crippen LogP contribution in [0.3, 0.4) is 0 Å². The number of nitrogens with two attached hydrogens (primary N) is 1. The molecule has 3 N–H and O–H groups in total. The van der Waals surface area contributed by atoms with Gasteiger partial charge >= 0.3 is 0 Å². The van der Waals surface area contributed by atoms with Crippen LogP contribution in [-0.4, -0.2) is 54.6 Å². The Hall–Kier alpha value is -3.39. The zero-order chi connectivity index (χ0) is 24.8. The number of amides is 1. The van der Waals surface area contributed by atoms with Crippen molar-refractivity contribution in [1.82, 2.24) is 20.2 Å². The zero-order valence-electron chi connectivity index (χ0n) is 20.8. The van der Waals surface area contributed by atoms with Gasteiger partial charge in [-0.3, -0.25) is 4.79 Å². The summed E-state index contributed by atoms with van der Waals surface area (Å²) in [6.07, 6.45) is 3.33. The topological polar surface area (TPSA) is 103 Å². The third-order valence-electron chi connectivity index (χ3n) is 6.95. The highest BCUT2D eigenvalue weighted by Gasteiger charge is 2.37. The van der Waals surface area contributed by atoms with E-state index in [-0.39, 0.29) is 11.3 Å². The maximum atomic E-state index is 12.4. The number of rotatable bonds is 9. The van der Waals surface area contributed by atoms with Crippen LogP contribution in [0, 0.1) is 0 Å². The number of methoxy groups -OCH3 is 2. The van der Waals surface area contributed by atoms with Crippen molar-refractivity contribution >= 4 is 22.6 Å². The van der Waals surface area contributed by atoms with E-state index in [0.29, 0.717) is 41.6 Å². The highest BCUT2D eigenvalue weighted by atomic mass is 16.5. The van der Waals surface area contributed by atoms with Crippen molar-refractivity contribution in [2.75, 3.05) is 39.6 Å². The molecule has 0 atom stereocenters. The van der Waals surface area contributed by atoms with Crippen LogP contribution in [0.5, 0.6) is 11.5 Å². The summed E-state index contributed by atoms with van der Waals surface area (Å²) >= 11 is 0. The molecule has 1 saturated heterocycles. The fraction of sp³-hybridized carbons (Fsp3) is 0.444. The lowest BCUT2D eigenvalue weighted by Gasteiger charge is -2.42. The number of carbonyl (C=O) groups is 1. The molecule has 1 aliphatic heterocycles. The highest BCUT2D eigenvalue weighted by molar-refractivity contribution is 5.90. The molecule has 2 aromatic carbocycles. The van der Waals surface area contributed by atoms with Crippen LogP contribution in [0.25, 0.3) is 10.9 Å². The van der Waals surface area contributed by atoms with Crippen molar-refractivity contribution in [2.24, 2.45) is 0 Å². The molecule has 2 heterocycles. The average Bonchev–Trinajstić information content (AvgIpc) is 2.89. The molecule has 0 saturated carbocycles. The lowest BCUT2D eigenvalue weighted by molar-refractivity contribution is -0.132. The molecule has 0 bridgehead atoms. The second-order valence-corrected chi connectivity index (χ2v) is 9.13. The van der Waals surface area contributed by atoms with E-state index < -0.39 is 0 Å². The molecular formula is C27H35N5O3. The van der Waals surface area contributed by atoms with Gasteiger partial charge in [-0.05, 0) is 30.9 Å². The molecule has 4 rings (SSSR count). The van der Waals surface area contributed by atoms with Gasteiger partial charge in [-0.1, -0.05) is 37.3 Å². The predicted molar refractivity (Wildman–Crippen MR) is 138 cm³/mol. The molecule has 8 heteroatoms. The van der Waals surface area contributed by atoms with Crippen molar-refractivity contribution in [1.29, 1.82) is 0 Å². The smallest absolute Gasteiger partial charge is 0.222 e. The fourth-order valence-electron chi connectivity index (χ4n) is 4.94. The Morgan fingerprint density at radius 3 is 2.43 bits per heavy atom. The van der Waals surface area contributed by atoms with Gasteiger partial charge in [-0.25, -0.2) is 9.97 Å². The van der Waals surface area contributed by atoms with Crippen LogP contribution in [-0.2, 0) is 16.8 Å². The molecule has 1 aromatic heterocycles. The number of carbonyl (C=O) groups excluding carboxylic acids is 1. The standard InChI is InChI=1S/C27H35N5O3/c1-4-8-25(33)32-13-11-27(12-14-32,19-9-6-5-7-10-19)18-29-17-24-30-21-16-23(35-3)22(34-2)15-20(21)26(28)31-24/h5-7,9-10,15-16,29H,4,8,11-14,17-18H2,1-3H3,(H2,28,30,31). The Balaban J connectivity index is 1.50. The number of hydrogen-bond donors (Lipinski definition) is 2. The number of nitrogen functional groups attached to an aromatic ring is 1. The highest BCUT2D eigenvalue weighted by Crippen LogP contribution is 2.36. The van der Waals surface area contributed by atoms with Crippen molar-refractivity contribution < 1.29 is 14.3 Å². The van der Waals surface area contributed by atoms with Crippen LogP contribution < -0.4 is 20.5 Å². The Labute approximate surface area is 206 Å². The Kier molecular flexibility index (Phi) is 7.70. The van der Waals surface area contributed by atoms with E-state index in [1.165, 1.54) is 5.56 Å². The van der Waals surface area contributed by atoms with Crippen molar-refractivity contribution in [2.45, 2.75) is 44.6 Å². The van der Waals surface area contributed by atoms with Gasteiger partial charge in [0.2, 0.25) is 5.91 Å². The molecule has 1 fully saturated rings. The number of ether oxygens (including phenoxy) is 2. The van der Waals surface area contributed by atoms with Gasteiger partial charge in [-0.2, -0.15) is 0 Å². The van der Waals surface area contributed by atoms with Gasteiger partial charge < -0.3 is 25.4 Å². The van der Waals surface area contributed by atoms with Crippen molar-refractivity contribution in [3.63, 3.8) is 0 Å². The summed E-state index contributed by atoms with van der Waals surface area (Å²) in [5, 5.41) is 4.32. The number of aromatic nitrogens is 2. The maximum absolute atomic E-state index is 12.4. The third-order valence-corrected chi connectivity index (χ3v) is 6.95. The monoisotopic (exact) mass is 477 g/mol. The minimum absolute atomic E-state index is 0.0523. The summed E-state index contributed by atoms with van der Waals surface area (Å²) < 4.78 is 10.8. The number of hydrogen-bond acceptors (Lipinski definition) is 7. The molecule has 8 nitrogen and oxygen atoms in total. The summed E-state index contributed by atoms with van der Waals surface area (Å²) in [5.41, 5.74) is 8.22. The Morgan fingerprint density at radius 2 is 1.77 bits per heavy atom. The number of piperidine rings is 1. The first-order chi connectivity index (χ1) is 17.0. The molecule has 35 heavy (non-hydrogen) atoms. The van der Waals surface area contributed by atoms with E-state index in [0.717, 1.165) is 44.3 Å². The first-order valence-corrected chi connectivity index (χ1v) is 12.2. The number of likely N-dealkylation sites (tertiary alicyclic amines) is 1. The van der Waals surface area contributed by atoms with Gasteiger partial charge in [0.05, 0.1) is 26.3 Å². The SMILES string of the molecule is CCCC(=O)N1CCC(CNCc2nc(N)c3cc(OC)c(OC)cc3n2)(c2ccccc2)CC1. The third kappa shape index (κ3) is 5.32. The van der Waals surface area contributed by atoms with Crippen LogP contribution in [0.1, 0.15) is 44.0 Å². The molecule has 186 valence electrons. The summed E-state index contributed by atoms with van der Waals surface area (Å²) in [6.45, 7) is 4.85. The van der Waals surface area contributed by atoms with E-state index in [4.69, 9.17) is 20.2 Å². The van der Waals surface area contributed by atoms with Gasteiger partial charge in [0, 0.05) is 42.9 Å². The van der Waals surface area contributed by atoms with E-state index in [2.05, 4.69) is 34.6 Å². The van der Waals surface area contributed by atoms with Crippen LogP contribution >= 0.6 is 0 Å². The second kappa shape index (κ2) is 10.9. The Morgan fingerprint density at radius 1 is 1.09 bits per heavy atom. The molecule has 0 spiro atoms. The molecule has 3 aromatic rings. The van der Waals surface area contributed by atoms with Crippen molar-refractivity contribution in [3.8, 4) is 11.5 Å². The maximum Gasteiger partial charge on any atom is 0.222 e. The normalized spacial score (nSPS) is 15.2. The first-order valence-electron chi connectivity index (χ1n) is 12.2. The lowest BCUT2D eigenvalue weighted by atomic mass is 9.72. The molecule has 1 aliphatic rings. The van der Waals surface area contributed by atoms with Crippen LogP contribution in [0.2, 0.25) is 0 Å². The minimum atomic E-state index is -0.0523. The van der Waals surface area contributed by atoms with E-state index >= 15 is 0 Å². The largest absolute Gasteiger partial charge is 0.493 e. The minimum Gasteiger partial charge on any atom is -0.493 e. The molecule has 1 amide bonds. The van der Waals surface area contributed by atoms with Gasteiger partial charge in [0.25, 0.3) is 0 Å². The van der Waals surface area contributed by atoms with Crippen molar-refractivity contribution in [3.05, 3.63) is 53.9 Å².